The Morgan fingerprint density at radius 1 is 1.02 bits per heavy atom. The number of hydrogen-bond donors (Lipinski definition) is 2. The summed E-state index contributed by atoms with van der Waals surface area (Å²) in [6.45, 7) is 6.47. The van der Waals surface area contributed by atoms with E-state index in [1.165, 1.54) is 18.9 Å². The molecular formula is C35H40F3N7. The Hall–Kier alpha value is -3.34. The van der Waals surface area contributed by atoms with E-state index in [2.05, 4.69) is 30.4 Å². The number of hydrogen-bond acceptors (Lipinski definition) is 7. The first-order chi connectivity index (χ1) is 21.9. The van der Waals surface area contributed by atoms with Crippen LogP contribution in [0.4, 0.5) is 19.0 Å². The molecule has 5 saturated heterocycles. The molecule has 2 aromatic heterocycles. The number of alkyl halides is 1. The highest BCUT2D eigenvalue weighted by molar-refractivity contribution is 5.99. The highest BCUT2D eigenvalue weighted by Gasteiger charge is 2.35. The van der Waals surface area contributed by atoms with Crippen LogP contribution in [0.5, 0.6) is 0 Å². The summed E-state index contributed by atoms with van der Waals surface area (Å²) in [4.78, 5) is 18.5. The van der Waals surface area contributed by atoms with Crippen LogP contribution in [0.3, 0.4) is 0 Å². The summed E-state index contributed by atoms with van der Waals surface area (Å²) in [6.07, 6.45) is 8.19. The van der Waals surface area contributed by atoms with Gasteiger partial charge in [-0.25, -0.2) is 23.1 Å². The van der Waals surface area contributed by atoms with E-state index in [0.29, 0.717) is 59.3 Å². The van der Waals surface area contributed by atoms with Crippen LogP contribution in [0, 0.1) is 11.6 Å². The lowest BCUT2D eigenvalue weighted by atomic mass is 9.95. The van der Waals surface area contributed by atoms with Gasteiger partial charge in [-0.15, -0.1) is 0 Å². The normalized spacial score (nSPS) is 27.2. The predicted molar refractivity (Wildman–Crippen MR) is 171 cm³/mol. The molecule has 5 atom stereocenters. The monoisotopic (exact) mass is 615 g/mol. The van der Waals surface area contributed by atoms with E-state index in [9.17, 15) is 4.39 Å². The summed E-state index contributed by atoms with van der Waals surface area (Å²) in [6, 6.07) is 10.7. The predicted octanol–water partition coefficient (Wildman–Crippen LogP) is 5.33. The van der Waals surface area contributed by atoms with E-state index in [1.807, 2.05) is 25.1 Å². The summed E-state index contributed by atoms with van der Waals surface area (Å²) >= 11 is 0. The Morgan fingerprint density at radius 2 is 1.84 bits per heavy atom. The number of anilines is 1. The van der Waals surface area contributed by atoms with Gasteiger partial charge in [0.2, 0.25) is 0 Å². The van der Waals surface area contributed by atoms with Gasteiger partial charge in [0, 0.05) is 73.9 Å². The average Bonchev–Trinajstić information content (AvgIpc) is 3.48. The molecule has 0 spiro atoms. The molecular weight excluding hydrogens is 575 g/mol. The topological polar surface area (TPSA) is 79.1 Å². The second-order valence-electron chi connectivity index (χ2n) is 13.5. The zero-order chi connectivity index (χ0) is 30.7. The first kappa shape index (κ1) is 29.1. The van der Waals surface area contributed by atoms with Crippen LogP contribution in [0.25, 0.3) is 32.9 Å². The number of nitrogens with zero attached hydrogens (tertiary/aromatic N) is 5. The van der Waals surface area contributed by atoms with E-state index in [4.69, 9.17) is 4.98 Å². The Labute approximate surface area is 261 Å². The van der Waals surface area contributed by atoms with Crippen molar-refractivity contribution >= 4 is 27.5 Å². The van der Waals surface area contributed by atoms with Gasteiger partial charge in [0.25, 0.3) is 0 Å². The highest BCUT2D eigenvalue weighted by Crippen LogP contribution is 2.37. The number of halogens is 3. The van der Waals surface area contributed by atoms with Crippen molar-refractivity contribution in [2.45, 2.75) is 82.2 Å². The van der Waals surface area contributed by atoms with Gasteiger partial charge in [0.1, 0.15) is 34.8 Å². The molecule has 0 amide bonds. The smallest absolute Gasteiger partial charge is 0.175 e. The molecule has 4 aromatic rings. The van der Waals surface area contributed by atoms with Crippen molar-refractivity contribution in [1.29, 1.82) is 0 Å². The lowest BCUT2D eigenvalue weighted by molar-refractivity contribution is 0.292. The zero-order valence-electron chi connectivity index (χ0n) is 25.7. The molecule has 2 N–H and O–H groups in total. The summed E-state index contributed by atoms with van der Waals surface area (Å²) in [5.74, 6) is 0.450. The van der Waals surface area contributed by atoms with Crippen molar-refractivity contribution in [3.8, 4) is 11.3 Å². The van der Waals surface area contributed by atoms with Crippen LogP contribution >= 0.6 is 0 Å². The summed E-state index contributed by atoms with van der Waals surface area (Å²) in [7, 11) is 0. The number of aromatic nitrogens is 3. The van der Waals surface area contributed by atoms with Crippen LogP contribution < -0.4 is 15.5 Å². The maximum Gasteiger partial charge on any atom is 0.175 e. The van der Waals surface area contributed by atoms with Gasteiger partial charge in [-0.05, 0) is 68.2 Å². The quantitative estimate of drug-likeness (QED) is 0.294. The van der Waals surface area contributed by atoms with Crippen molar-refractivity contribution in [2.75, 3.05) is 37.6 Å². The van der Waals surface area contributed by atoms with Crippen LogP contribution in [0.1, 0.15) is 50.4 Å². The molecule has 0 aliphatic carbocycles. The molecule has 5 aliphatic heterocycles. The summed E-state index contributed by atoms with van der Waals surface area (Å²) < 4.78 is 44.0. The van der Waals surface area contributed by atoms with Gasteiger partial charge >= 0.3 is 0 Å². The number of fused-ring (bicyclic) bond motifs is 5. The number of nitrogens with one attached hydrogen (secondary N) is 2. The number of piperazine rings is 1. The van der Waals surface area contributed by atoms with Crippen LogP contribution in [0.15, 0.2) is 36.5 Å². The third-order valence-electron chi connectivity index (χ3n) is 10.2. The first-order valence-corrected chi connectivity index (χ1v) is 16.6. The maximum absolute atomic E-state index is 16.3. The summed E-state index contributed by atoms with van der Waals surface area (Å²) in [5, 5.41) is 8.69. The second-order valence-corrected chi connectivity index (χ2v) is 13.5. The average molecular weight is 616 g/mol. The molecule has 5 fully saturated rings. The number of pyridine rings is 1. The molecule has 0 saturated carbocycles. The standard InChI is InChI=1S/C28H28F2N6.C7H12FN/c1-2-23-34-27-21(28(35-23)36-13-17-6-7-18(14-36)33-17)12-32-26(25(27)30)20-10-15(9-19-11-31-19)8-16-4-3-5-22(29)24(16)20;8-6-4-7-2-1-3-9(7)5-6/h3-5,8,10,12,17-19,31,33H,2,6-7,9,11,13-14H2,1H3;6-7H,1-5H2. The van der Waals surface area contributed by atoms with Gasteiger partial charge in [0.05, 0.1) is 5.39 Å². The molecule has 2 aromatic carbocycles. The molecule has 45 heavy (non-hydrogen) atoms. The van der Waals surface area contributed by atoms with E-state index in [1.54, 1.807) is 12.3 Å². The first-order valence-electron chi connectivity index (χ1n) is 16.6. The van der Waals surface area contributed by atoms with E-state index in [0.717, 1.165) is 68.6 Å². The molecule has 2 bridgehead atoms. The van der Waals surface area contributed by atoms with Crippen molar-refractivity contribution in [3.05, 3.63) is 59.6 Å². The Kier molecular flexibility index (Phi) is 7.62. The third kappa shape index (κ3) is 5.66. The molecule has 10 heteroatoms. The SMILES string of the molecule is CCc1nc(N2CC3CCC(C2)N3)c2cnc(-c3cc(CC4CN4)cc4cccc(F)c34)c(F)c2n1.FC1CC2CCCN2C1. The van der Waals surface area contributed by atoms with Crippen molar-refractivity contribution in [2.24, 2.45) is 0 Å². The molecule has 9 rings (SSSR count). The largest absolute Gasteiger partial charge is 0.353 e. The number of rotatable bonds is 5. The molecule has 0 radical (unpaired) electrons. The van der Waals surface area contributed by atoms with Crippen molar-refractivity contribution in [3.63, 3.8) is 0 Å². The van der Waals surface area contributed by atoms with Crippen LogP contribution in [-0.2, 0) is 12.8 Å². The lowest BCUT2D eigenvalue weighted by Crippen LogP contribution is -2.51. The fraction of sp³-hybridized carbons (Fsp3) is 0.514. The molecule has 7 nitrogen and oxygen atoms in total. The van der Waals surface area contributed by atoms with E-state index >= 15 is 8.78 Å². The lowest BCUT2D eigenvalue weighted by Gasteiger charge is -2.34. The molecule has 5 aliphatic rings. The Balaban J connectivity index is 0.000000286. The molecule has 5 unspecified atom stereocenters. The highest BCUT2D eigenvalue weighted by atomic mass is 19.1. The van der Waals surface area contributed by atoms with Gasteiger partial charge in [-0.2, -0.15) is 0 Å². The van der Waals surface area contributed by atoms with Crippen LogP contribution in [-0.4, -0.2) is 82.9 Å². The number of benzene rings is 2. The van der Waals surface area contributed by atoms with Crippen molar-refractivity contribution in [1.82, 2.24) is 30.5 Å². The zero-order valence-corrected chi connectivity index (χ0v) is 25.7. The van der Waals surface area contributed by atoms with E-state index in [-0.39, 0.29) is 17.0 Å². The molecule has 236 valence electrons. The Bertz CT molecular complexity index is 1720. The number of aryl methyl sites for hydroxylation is 1. The fourth-order valence-electron chi connectivity index (χ4n) is 7.93. The maximum atomic E-state index is 16.3. The van der Waals surface area contributed by atoms with Crippen LogP contribution in [0.2, 0.25) is 0 Å². The van der Waals surface area contributed by atoms with Gasteiger partial charge in [0.15, 0.2) is 5.82 Å². The second kappa shape index (κ2) is 11.8. The third-order valence-corrected chi connectivity index (χ3v) is 10.2. The minimum atomic E-state index is -0.518. The van der Waals surface area contributed by atoms with Gasteiger partial charge < -0.3 is 15.5 Å². The Morgan fingerprint density at radius 3 is 2.60 bits per heavy atom. The van der Waals surface area contributed by atoms with Gasteiger partial charge in [-0.1, -0.05) is 25.1 Å². The van der Waals surface area contributed by atoms with E-state index < -0.39 is 12.0 Å². The van der Waals surface area contributed by atoms with Crippen molar-refractivity contribution < 1.29 is 13.2 Å². The summed E-state index contributed by atoms with van der Waals surface area (Å²) in [5.41, 5.74) is 1.90. The van der Waals surface area contributed by atoms with Gasteiger partial charge in [-0.3, -0.25) is 9.88 Å². The minimum Gasteiger partial charge on any atom is -0.353 e. The minimum absolute atomic E-state index is 0.135. The fourth-order valence-corrected chi connectivity index (χ4v) is 7.93. The molecule has 7 heterocycles.